The fourth-order valence-corrected chi connectivity index (χ4v) is 3.64. The van der Waals surface area contributed by atoms with E-state index in [1.165, 1.54) is 40.3 Å². The number of aromatic nitrogens is 6. The van der Waals surface area contributed by atoms with Crippen molar-refractivity contribution in [2.75, 3.05) is 6.61 Å². The number of hydrogen-bond acceptors (Lipinski definition) is 6. The lowest BCUT2D eigenvalue weighted by Gasteiger charge is -2.31. The van der Waals surface area contributed by atoms with Gasteiger partial charge in [-0.15, -0.1) is 5.10 Å². The van der Waals surface area contributed by atoms with Crippen LogP contribution in [0.25, 0.3) is 16.8 Å². The van der Waals surface area contributed by atoms with Crippen molar-refractivity contribution < 1.29 is 23.0 Å². The predicted octanol–water partition coefficient (Wildman–Crippen LogP) is 3.55. The van der Waals surface area contributed by atoms with Gasteiger partial charge in [0.15, 0.2) is 0 Å². The van der Waals surface area contributed by atoms with E-state index in [1.54, 1.807) is 6.07 Å². The highest BCUT2D eigenvalue weighted by atomic mass is 19.1. The lowest BCUT2D eigenvalue weighted by Crippen LogP contribution is -2.34. The Morgan fingerprint density at radius 2 is 2.03 bits per heavy atom. The van der Waals surface area contributed by atoms with Crippen LogP contribution >= 0.6 is 0 Å². The lowest BCUT2D eigenvalue weighted by molar-refractivity contribution is 0.0723. The minimum atomic E-state index is -2.19. The molecule has 0 radical (unpaired) electrons. The van der Waals surface area contributed by atoms with E-state index in [0.29, 0.717) is 18.4 Å². The molecule has 0 amide bonds. The number of hydrogen-bond donors (Lipinski definition) is 1. The molecule has 11 heteroatoms. The summed E-state index contributed by atoms with van der Waals surface area (Å²) in [6.07, 6.45) is 3.92. The summed E-state index contributed by atoms with van der Waals surface area (Å²) in [6.45, 7) is 5.86. The lowest BCUT2D eigenvalue weighted by atomic mass is 9.82. The summed E-state index contributed by atoms with van der Waals surface area (Å²) in [6, 6.07) is 7.22. The van der Waals surface area contributed by atoms with Crippen LogP contribution in [0.5, 0.6) is 0 Å². The summed E-state index contributed by atoms with van der Waals surface area (Å²) >= 11 is 0. The van der Waals surface area contributed by atoms with E-state index in [0.717, 1.165) is 12.1 Å². The molecule has 4 rings (SSSR count). The van der Waals surface area contributed by atoms with Gasteiger partial charge >= 0.3 is 0 Å². The van der Waals surface area contributed by atoms with Crippen molar-refractivity contribution >= 4 is 5.57 Å². The van der Waals surface area contributed by atoms with E-state index in [9.17, 15) is 13.9 Å². The largest absolute Gasteiger partial charge is 0.378 e. The Balaban J connectivity index is 1.81. The second-order valence-corrected chi connectivity index (χ2v) is 7.46. The second kappa shape index (κ2) is 9.57. The second-order valence-electron chi connectivity index (χ2n) is 7.46. The first-order valence-electron chi connectivity index (χ1n) is 10.3. The van der Waals surface area contributed by atoms with Crippen molar-refractivity contribution in [2.45, 2.75) is 25.8 Å². The number of halogens is 3. The van der Waals surface area contributed by atoms with Crippen molar-refractivity contribution in [3.8, 4) is 11.3 Å². The molecule has 1 atom stereocenters. The topological polar surface area (TPSA) is 90.9 Å². The van der Waals surface area contributed by atoms with Gasteiger partial charge in [0.25, 0.3) is 0 Å². The normalized spacial score (nSPS) is 13.1. The summed E-state index contributed by atoms with van der Waals surface area (Å²) < 4.78 is 52.2. The van der Waals surface area contributed by atoms with Crippen LogP contribution in [0.15, 0.2) is 61.8 Å². The van der Waals surface area contributed by atoms with Gasteiger partial charge in [0, 0.05) is 29.4 Å². The third-order valence-electron chi connectivity index (χ3n) is 5.37. The van der Waals surface area contributed by atoms with Gasteiger partial charge in [0.1, 0.15) is 42.4 Å². The molecule has 0 saturated heterocycles. The Bertz CT molecular complexity index is 1310. The average molecular weight is 470 g/mol. The highest BCUT2D eigenvalue weighted by molar-refractivity contribution is 5.76. The third kappa shape index (κ3) is 4.35. The summed E-state index contributed by atoms with van der Waals surface area (Å²) in [5, 5.41) is 23.4. The van der Waals surface area contributed by atoms with Crippen LogP contribution in [0.1, 0.15) is 18.1 Å². The van der Waals surface area contributed by atoms with Gasteiger partial charge in [-0.05, 0) is 30.7 Å². The number of rotatable bonds is 9. The number of ether oxygens (including phenoxy) is 1. The molecule has 0 aliphatic carbocycles. The monoisotopic (exact) mass is 470 g/mol. The molecule has 0 aliphatic heterocycles. The van der Waals surface area contributed by atoms with Crippen LogP contribution in [0.4, 0.5) is 13.2 Å². The van der Waals surface area contributed by atoms with Crippen LogP contribution in [-0.2, 0) is 23.6 Å². The molecule has 4 aromatic rings. The maximum atomic E-state index is 15.8. The van der Waals surface area contributed by atoms with Gasteiger partial charge in [0.2, 0.25) is 0 Å². The fourth-order valence-electron chi connectivity index (χ4n) is 3.64. The molecule has 0 bridgehead atoms. The van der Waals surface area contributed by atoms with Crippen molar-refractivity contribution in [1.29, 1.82) is 0 Å². The molecule has 0 saturated carbocycles. The minimum Gasteiger partial charge on any atom is -0.378 e. The third-order valence-corrected chi connectivity index (χ3v) is 5.37. The molecule has 0 spiro atoms. The molecule has 176 valence electrons. The maximum absolute atomic E-state index is 15.8. The van der Waals surface area contributed by atoms with Gasteiger partial charge < -0.3 is 9.84 Å². The highest BCUT2D eigenvalue weighted by Gasteiger charge is 2.38. The molecule has 1 N–H and O–H groups in total. The van der Waals surface area contributed by atoms with Gasteiger partial charge in [-0.1, -0.05) is 23.9 Å². The maximum Gasteiger partial charge on any atom is 0.141 e. The highest BCUT2D eigenvalue weighted by Crippen LogP contribution is 2.40. The SMILES string of the molecule is C=C(c1cccc(-c2cnnn2COCC)c1F)C(O)(Cn1cncn1)c1ccc(F)cc1F. The molecule has 2 aromatic carbocycles. The van der Waals surface area contributed by atoms with Crippen molar-refractivity contribution in [3.05, 3.63) is 90.4 Å². The molecule has 0 aliphatic rings. The van der Waals surface area contributed by atoms with Crippen molar-refractivity contribution in [1.82, 2.24) is 29.8 Å². The van der Waals surface area contributed by atoms with Crippen LogP contribution in [0.2, 0.25) is 0 Å². The van der Waals surface area contributed by atoms with Gasteiger partial charge in [0.05, 0.1) is 18.4 Å². The first-order chi connectivity index (χ1) is 16.3. The zero-order chi connectivity index (χ0) is 24.3. The molecular weight excluding hydrogens is 449 g/mol. The van der Waals surface area contributed by atoms with E-state index in [-0.39, 0.29) is 35.5 Å². The van der Waals surface area contributed by atoms with Gasteiger partial charge in [-0.25, -0.2) is 27.5 Å². The van der Waals surface area contributed by atoms with E-state index in [1.807, 2.05) is 6.92 Å². The Hall–Kier alpha value is -3.83. The molecule has 8 nitrogen and oxygen atoms in total. The van der Waals surface area contributed by atoms with Crippen LogP contribution in [0.3, 0.4) is 0 Å². The Kier molecular flexibility index (Phi) is 6.57. The molecule has 2 aromatic heterocycles. The Morgan fingerprint density at radius 1 is 1.21 bits per heavy atom. The quantitative estimate of drug-likeness (QED) is 0.402. The first kappa shape index (κ1) is 23.3. The molecule has 1 unspecified atom stereocenters. The Labute approximate surface area is 192 Å². The number of benzene rings is 2. The van der Waals surface area contributed by atoms with Gasteiger partial charge in [-0.2, -0.15) is 5.10 Å². The number of aliphatic hydroxyl groups is 1. The predicted molar refractivity (Wildman–Crippen MR) is 116 cm³/mol. The average Bonchev–Trinajstić information content (AvgIpc) is 3.49. The Morgan fingerprint density at radius 3 is 2.74 bits per heavy atom. The zero-order valence-corrected chi connectivity index (χ0v) is 18.2. The van der Waals surface area contributed by atoms with E-state index < -0.39 is 23.1 Å². The van der Waals surface area contributed by atoms with Crippen LogP contribution < -0.4 is 0 Å². The molecule has 2 heterocycles. The van der Waals surface area contributed by atoms with Crippen molar-refractivity contribution in [3.63, 3.8) is 0 Å². The number of nitrogens with zero attached hydrogens (tertiary/aromatic N) is 6. The van der Waals surface area contributed by atoms with Crippen LogP contribution in [-0.4, -0.2) is 41.5 Å². The van der Waals surface area contributed by atoms with E-state index in [2.05, 4.69) is 27.0 Å². The van der Waals surface area contributed by atoms with Crippen LogP contribution in [0, 0.1) is 17.5 Å². The fraction of sp³-hybridized carbons (Fsp3) is 0.217. The smallest absolute Gasteiger partial charge is 0.141 e. The molecule has 34 heavy (non-hydrogen) atoms. The van der Waals surface area contributed by atoms with E-state index >= 15 is 4.39 Å². The summed E-state index contributed by atoms with van der Waals surface area (Å²) in [4.78, 5) is 3.82. The van der Waals surface area contributed by atoms with E-state index in [4.69, 9.17) is 4.74 Å². The first-order valence-corrected chi connectivity index (χ1v) is 10.3. The molecule has 0 fully saturated rings. The van der Waals surface area contributed by atoms with Gasteiger partial charge in [-0.3, -0.25) is 0 Å². The standard InChI is InChI=1S/C23H21F3N6O2/c1-3-34-14-32-21(10-28-30-32)18-6-4-5-17(22(18)26)15(2)23(33,11-31-13-27-12-29-31)19-8-7-16(24)9-20(19)25/h4-10,12-13,33H,2-3,11,14H2,1H3. The van der Waals surface area contributed by atoms with Crippen molar-refractivity contribution in [2.24, 2.45) is 0 Å². The zero-order valence-electron chi connectivity index (χ0n) is 18.2. The summed E-state index contributed by atoms with van der Waals surface area (Å²) in [5.74, 6) is -2.57. The molecular formula is C23H21F3N6O2. The summed E-state index contributed by atoms with van der Waals surface area (Å²) in [7, 11) is 0. The summed E-state index contributed by atoms with van der Waals surface area (Å²) in [5.41, 5.74) is -2.24. The minimum absolute atomic E-state index is 0.0630.